The first-order chi connectivity index (χ1) is 7.09. The van der Waals surface area contributed by atoms with Crippen molar-refractivity contribution in [3.8, 4) is 0 Å². The molecular formula is C12H19NO2. The molecule has 0 aromatic carbocycles. The van der Waals surface area contributed by atoms with E-state index in [1.807, 2.05) is 6.08 Å². The van der Waals surface area contributed by atoms with Gasteiger partial charge < -0.3 is 10.1 Å². The van der Waals surface area contributed by atoms with E-state index in [1.54, 1.807) is 0 Å². The van der Waals surface area contributed by atoms with Crippen molar-refractivity contribution in [3.63, 3.8) is 0 Å². The lowest BCUT2D eigenvalue weighted by Gasteiger charge is -2.19. The van der Waals surface area contributed by atoms with Crippen LogP contribution in [0.15, 0.2) is 24.0 Å². The molecule has 3 heteroatoms. The summed E-state index contributed by atoms with van der Waals surface area (Å²) in [6, 6.07) is 0. The maximum absolute atomic E-state index is 10.6. The van der Waals surface area contributed by atoms with E-state index in [0.29, 0.717) is 25.0 Å². The Kier molecular flexibility index (Phi) is 4.40. The summed E-state index contributed by atoms with van der Waals surface area (Å²) in [5, 5.41) is 2.69. The molecule has 2 unspecified atom stereocenters. The highest BCUT2D eigenvalue weighted by Gasteiger charge is 2.12. The maximum Gasteiger partial charge on any atom is 0.216 e. The SMILES string of the molecule is CC(=O)NCCOC1=CC(C)C(C)C=C1. The van der Waals surface area contributed by atoms with Crippen molar-refractivity contribution in [3.05, 3.63) is 24.0 Å². The van der Waals surface area contributed by atoms with Gasteiger partial charge in [0.05, 0.1) is 6.54 Å². The zero-order valence-electron chi connectivity index (χ0n) is 9.62. The van der Waals surface area contributed by atoms with E-state index < -0.39 is 0 Å². The van der Waals surface area contributed by atoms with E-state index in [1.165, 1.54) is 6.92 Å². The quantitative estimate of drug-likeness (QED) is 0.718. The number of ether oxygens (including phenoxy) is 1. The Bertz CT molecular complexity index is 281. The molecule has 0 heterocycles. The first kappa shape index (κ1) is 11.8. The standard InChI is InChI=1S/C12H19NO2/c1-9-4-5-12(8-10(9)2)15-7-6-13-11(3)14/h4-5,8-10H,6-7H2,1-3H3,(H,13,14). The molecule has 0 fully saturated rings. The van der Waals surface area contributed by atoms with Gasteiger partial charge in [-0.05, 0) is 24.0 Å². The molecule has 1 rings (SSSR count). The monoisotopic (exact) mass is 209 g/mol. The molecule has 0 aliphatic heterocycles. The number of rotatable bonds is 4. The van der Waals surface area contributed by atoms with Gasteiger partial charge in [0.1, 0.15) is 12.4 Å². The summed E-state index contributed by atoms with van der Waals surface area (Å²) >= 11 is 0. The predicted octanol–water partition coefficient (Wildman–Crippen LogP) is 1.86. The minimum atomic E-state index is -0.0197. The minimum Gasteiger partial charge on any atom is -0.492 e. The van der Waals surface area contributed by atoms with Gasteiger partial charge >= 0.3 is 0 Å². The van der Waals surface area contributed by atoms with Crippen LogP contribution >= 0.6 is 0 Å². The lowest BCUT2D eigenvalue weighted by molar-refractivity contribution is -0.119. The van der Waals surface area contributed by atoms with E-state index in [2.05, 4.69) is 31.3 Å². The van der Waals surface area contributed by atoms with Crippen molar-refractivity contribution in [2.75, 3.05) is 13.2 Å². The Labute approximate surface area is 91.2 Å². The van der Waals surface area contributed by atoms with Crippen molar-refractivity contribution >= 4 is 5.91 Å². The van der Waals surface area contributed by atoms with Crippen LogP contribution in [0.25, 0.3) is 0 Å². The summed E-state index contributed by atoms with van der Waals surface area (Å²) in [5.41, 5.74) is 0. The molecule has 1 amide bonds. The highest BCUT2D eigenvalue weighted by atomic mass is 16.5. The zero-order valence-corrected chi connectivity index (χ0v) is 9.62. The maximum atomic E-state index is 10.6. The fraction of sp³-hybridized carbons (Fsp3) is 0.583. The largest absolute Gasteiger partial charge is 0.492 e. The lowest BCUT2D eigenvalue weighted by atomic mass is 9.91. The number of carbonyl (C=O) groups is 1. The molecule has 0 aromatic rings. The van der Waals surface area contributed by atoms with E-state index in [-0.39, 0.29) is 5.91 Å². The Morgan fingerprint density at radius 2 is 2.20 bits per heavy atom. The second-order valence-corrected chi connectivity index (χ2v) is 3.98. The smallest absolute Gasteiger partial charge is 0.216 e. The highest BCUT2D eigenvalue weighted by molar-refractivity contribution is 5.72. The van der Waals surface area contributed by atoms with Gasteiger partial charge in [0, 0.05) is 6.92 Å². The lowest BCUT2D eigenvalue weighted by Crippen LogP contribution is -2.24. The number of carbonyl (C=O) groups excluding carboxylic acids is 1. The molecule has 0 aromatic heterocycles. The molecule has 84 valence electrons. The van der Waals surface area contributed by atoms with E-state index >= 15 is 0 Å². The summed E-state index contributed by atoms with van der Waals surface area (Å²) in [6.45, 7) is 6.95. The molecule has 0 saturated heterocycles. The molecule has 1 N–H and O–H groups in total. The molecule has 0 radical (unpaired) electrons. The van der Waals surface area contributed by atoms with E-state index in [9.17, 15) is 4.79 Å². The molecular weight excluding hydrogens is 190 g/mol. The van der Waals surface area contributed by atoms with Crippen LogP contribution in [-0.2, 0) is 9.53 Å². The molecule has 1 aliphatic rings. The normalized spacial score (nSPS) is 24.6. The van der Waals surface area contributed by atoms with Crippen LogP contribution in [0.1, 0.15) is 20.8 Å². The second-order valence-electron chi connectivity index (χ2n) is 3.98. The fourth-order valence-electron chi connectivity index (χ4n) is 1.38. The van der Waals surface area contributed by atoms with Gasteiger partial charge in [-0.2, -0.15) is 0 Å². The number of hydrogen-bond acceptors (Lipinski definition) is 2. The van der Waals surface area contributed by atoms with Gasteiger partial charge in [-0.1, -0.05) is 19.9 Å². The second kappa shape index (κ2) is 5.59. The molecule has 0 saturated carbocycles. The molecule has 0 bridgehead atoms. The van der Waals surface area contributed by atoms with Crippen LogP contribution in [0.5, 0.6) is 0 Å². The number of amides is 1. The zero-order chi connectivity index (χ0) is 11.3. The molecule has 0 spiro atoms. The fourth-order valence-corrected chi connectivity index (χ4v) is 1.38. The van der Waals surface area contributed by atoms with Gasteiger partial charge in [-0.15, -0.1) is 0 Å². The van der Waals surface area contributed by atoms with Crippen molar-refractivity contribution in [2.24, 2.45) is 11.8 Å². The minimum absolute atomic E-state index is 0.0197. The van der Waals surface area contributed by atoms with Gasteiger partial charge in [-0.25, -0.2) is 0 Å². The summed E-state index contributed by atoms with van der Waals surface area (Å²) < 4.78 is 5.51. The first-order valence-corrected chi connectivity index (χ1v) is 5.37. The van der Waals surface area contributed by atoms with Gasteiger partial charge in [0.15, 0.2) is 0 Å². The summed E-state index contributed by atoms with van der Waals surface area (Å²) in [5.74, 6) is 1.98. The predicted molar refractivity (Wildman–Crippen MR) is 60.2 cm³/mol. The Morgan fingerprint density at radius 3 is 2.80 bits per heavy atom. The van der Waals surface area contributed by atoms with Crippen LogP contribution in [-0.4, -0.2) is 19.1 Å². The highest BCUT2D eigenvalue weighted by Crippen LogP contribution is 2.22. The molecule has 2 atom stereocenters. The number of nitrogens with one attached hydrogen (secondary N) is 1. The van der Waals surface area contributed by atoms with Crippen molar-refractivity contribution < 1.29 is 9.53 Å². The van der Waals surface area contributed by atoms with Crippen LogP contribution < -0.4 is 5.32 Å². The topological polar surface area (TPSA) is 38.3 Å². The summed E-state index contributed by atoms with van der Waals surface area (Å²) in [4.78, 5) is 10.6. The van der Waals surface area contributed by atoms with E-state index in [4.69, 9.17) is 4.74 Å². The average Bonchev–Trinajstić information content (AvgIpc) is 2.18. The number of allylic oxidation sites excluding steroid dienone is 3. The van der Waals surface area contributed by atoms with Gasteiger partial charge in [0.2, 0.25) is 5.91 Å². The average molecular weight is 209 g/mol. The third kappa shape index (κ3) is 4.19. The van der Waals surface area contributed by atoms with E-state index in [0.717, 1.165) is 5.76 Å². The molecule has 1 aliphatic carbocycles. The first-order valence-electron chi connectivity index (χ1n) is 5.37. The van der Waals surface area contributed by atoms with Gasteiger partial charge in [-0.3, -0.25) is 4.79 Å². The summed E-state index contributed by atoms with van der Waals surface area (Å²) in [7, 11) is 0. The van der Waals surface area contributed by atoms with Crippen LogP contribution in [0.4, 0.5) is 0 Å². The Hall–Kier alpha value is -1.25. The van der Waals surface area contributed by atoms with Crippen molar-refractivity contribution in [1.29, 1.82) is 0 Å². The third-order valence-corrected chi connectivity index (χ3v) is 2.57. The summed E-state index contributed by atoms with van der Waals surface area (Å²) in [6.07, 6.45) is 6.27. The van der Waals surface area contributed by atoms with Crippen molar-refractivity contribution in [2.45, 2.75) is 20.8 Å². The number of hydrogen-bond donors (Lipinski definition) is 1. The molecule has 15 heavy (non-hydrogen) atoms. The van der Waals surface area contributed by atoms with Crippen LogP contribution in [0, 0.1) is 11.8 Å². The van der Waals surface area contributed by atoms with Crippen LogP contribution in [0.2, 0.25) is 0 Å². The Morgan fingerprint density at radius 1 is 1.47 bits per heavy atom. The van der Waals surface area contributed by atoms with Crippen molar-refractivity contribution in [1.82, 2.24) is 5.32 Å². The van der Waals surface area contributed by atoms with Gasteiger partial charge in [0.25, 0.3) is 0 Å². The third-order valence-electron chi connectivity index (χ3n) is 2.57. The Balaban J connectivity index is 2.25. The molecule has 3 nitrogen and oxygen atoms in total. The van der Waals surface area contributed by atoms with Crippen LogP contribution in [0.3, 0.4) is 0 Å².